The van der Waals surface area contributed by atoms with Crippen molar-refractivity contribution in [3.05, 3.63) is 53.4 Å². The molecule has 0 N–H and O–H groups in total. The van der Waals surface area contributed by atoms with Crippen molar-refractivity contribution in [3.63, 3.8) is 0 Å². The Balaban J connectivity index is 1.79. The first kappa shape index (κ1) is 14.2. The van der Waals surface area contributed by atoms with Crippen LogP contribution in [0.4, 0.5) is 5.69 Å². The van der Waals surface area contributed by atoms with Crippen LogP contribution in [0.25, 0.3) is 11.1 Å². The lowest BCUT2D eigenvalue weighted by atomic mass is 9.88. The van der Waals surface area contributed by atoms with Gasteiger partial charge in [0, 0.05) is 29.9 Å². The van der Waals surface area contributed by atoms with Crippen molar-refractivity contribution in [1.29, 1.82) is 0 Å². The van der Waals surface area contributed by atoms with Gasteiger partial charge in [-0.1, -0.05) is 31.0 Å². The molecule has 3 aromatic rings. The van der Waals surface area contributed by atoms with Crippen LogP contribution in [-0.4, -0.2) is 4.57 Å². The third kappa shape index (κ3) is 1.58. The van der Waals surface area contributed by atoms with Gasteiger partial charge in [0.15, 0.2) is 0 Å². The average molecular weight is 320 g/mol. The molecule has 0 unspecified atom stereocenters. The predicted molar refractivity (Wildman–Crippen MR) is 97.4 cm³/mol. The van der Waals surface area contributed by atoms with E-state index in [1.54, 1.807) is 0 Å². The maximum Gasteiger partial charge on any atom is 0.207 e. The van der Waals surface area contributed by atoms with E-state index in [0.29, 0.717) is 0 Å². The molecule has 124 valence electrons. The number of rotatable bonds is 1. The number of aryl methyl sites for hydroxylation is 2. The third-order valence-electron chi connectivity index (χ3n) is 6.24. The van der Waals surface area contributed by atoms with Gasteiger partial charge in [-0.2, -0.15) is 0 Å². The van der Waals surface area contributed by atoms with Crippen molar-refractivity contribution < 1.29 is 4.42 Å². The molecule has 1 saturated carbocycles. The van der Waals surface area contributed by atoms with Crippen LogP contribution in [0.2, 0.25) is 0 Å². The average Bonchev–Trinajstić information content (AvgIpc) is 3.29. The highest BCUT2D eigenvalue weighted by atomic mass is 16.4. The first-order valence-corrected chi connectivity index (χ1v) is 9.07. The standard InChI is InChI=1S/C21H24N2O/c1-14-8-4-5-9-17(14)23-15(2)19-18(21(23)11-6-7-12-21)16-10-13-22(3)20(16)24-19/h4-5,8-10,13,15H,6-7,11-12H2,1-3H3/t15-/m0/s1. The minimum absolute atomic E-state index is 0.105. The van der Waals surface area contributed by atoms with Gasteiger partial charge < -0.3 is 13.9 Å². The second kappa shape index (κ2) is 4.69. The fraction of sp³-hybridized carbons (Fsp3) is 0.429. The maximum absolute atomic E-state index is 6.39. The first-order valence-electron chi connectivity index (χ1n) is 9.07. The number of para-hydroxylation sites is 1. The second-order valence-electron chi connectivity index (χ2n) is 7.56. The van der Waals surface area contributed by atoms with Crippen LogP contribution < -0.4 is 4.90 Å². The summed E-state index contributed by atoms with van der Waals surface area (Å²) in [6.07, 6.45) is 7.17. The molecular formula is C21H24N2O. The third-order valence-corrected chi connectivity index (χ3v) is 6.24. The van der Waals surface area contributed by atoms with Crippen molar-refractivity contribution in [2.24, 2.45) is 7.05 Å². The number of hydrogen-bond donors (Lipinski definition) is 0. The number of fused-ring (bicyclic) bond motifs is 4. The number of hydrogen-bond acceptors (Lipinski definition) is 2. The quantitative estimate of drug-likeness (QED) is 0.596. The molecule has 0 bridgehead atoms. The molecule has 1 aliphatic carbocycles. The Kier molecular flexibility index (Phi) is 2.77. The molecule has 1 spiro atoms. The van der Waals surface area contributed by atoms with Crippen LogP contribution >= 0.6 is 0 Å². The highest BCUT2D eigenvalue weighted by Gasteiger charge is 2.54. The largest absolute Gasteiger partial charge is 0.442 e. The fourth-order valence-corrected chi connectivity index (χ4v) is 5.23. The molecule has 0 saturated heterocycles. The molecule has 1 aromatic carbocycles. The Labute approximate surface area is 142 Å². The van der Waals surface area contributed by atoms with E-state index in [4.69, 9.17) is 4.42 Å². The molecule has 2 aromatic heterocycles. The van der Waals surface area contributed by atoms with Crippen LogP contribution in [0.15, 0.2) is 40.9 Å². The fourth-order valence-electron chi connectivity index (χ4n) is 5.23. The maximum atomic E-state index is 6.39. The van der Waals surface area contributed by atoms with Crippen LogP contribution in [0.3, 0.4) is 0 Å². The summed E-state index contributed by atoms with van der Waals surface area (Å²) in [6, 6.07) is 11.3. The van der Waals surface area contributed by atoms with Gasteiger partial charge in [0.25, 0.3) is 0 Å². The van der Waals surface area contributed by atoms with Crippen LogP contribution in [-0.2, 0) is 12.6 Å². The summed E-state index contributed by atoms with van der Waals surface area (Å²) in [4.78, 5) is 2.66. The summed E-state index contributed by atoms with van der Waals surface area (Å²) < 4.78 is 8.51. The highest BCUT2D eigenvalue weighted by Crippen LogP contribution is 2.59. The minimum atomic E-state index is 0.105. The topological polar surface area (TPSA) is 21.3 Å². The summed E-state index contributed by atoms with van der Waals surface area (Å²) in [5.74, 6) is 1.18. The Bertz CT molecular complexity index is 927. The molecule has 1 aliphatic heterocycles. The van der Waals surface area contributed by atoms with Gasteiger partial charge in [-0.05, 0) is 44.4 Å². The van der Waals surface area contributed by atoms with Crippen LogP contribution in [0.1, 0.15) is 55.5 Å². The van der Waals surface area contributed by atoms with E-state index in [9.17, 15) is 0 Å². The van der Waals surface area contributed by atoms with E-state index >= 15 is 0 Å². The van der Waals surface area contributed by atoms with E-state index in [1.807, 2.05) is 0 Å². The molecule has 0 amide bonds. The van der Waals surface area contributed by atoms with Crippen molar-refractivity contribution in [1.82, 2.24) is 4.57 Å². The van der Waals surface area contributed by atoms with Gasteiger partial charge in [0.05, 0.1) is 11.6 Å². The molecule has 24 heavy (non-hydrogen) atoms. The lowest BCUT2D eigenvalue weighted by Crippen LogP contribution is -2.40. The first-order chi connectivity index (χ1) is 11.6. The van der Waals surface area contributed by atoms with E-state index < -0.39 is 0 Å². The zero-order valence-corrected chi connectivity index (χ0v) is 14.7. The molecule has 3 heterocycles. The highest BCUT2D eigenvalue weighted by molar-refractivity contribution is 5.85. The van der Waals surface area contributed by atoms with Gasteiger partial charge in [-0.3, -0.25) is 0 Å². The van der Waals surface area contributed by atoms with E-state index in [0.717, 1.165) is 5.71 Å². The van der Waals surface area contributed by atoms with E-state index in [2.05, 4.69) is 66.9 Å². The molecule has 3 nitrogen and oxygen atoms in total. The number of anilines is 1. The number of nitrogens with zero attached hydrogens (tertiary/aromatic N) is 2. The number of aromatic nitrogens is 1. The van der Waals surface area contributed by atoms with Gasteiger partial charge >= 0.3 is 0 Å². The van der Waals surface area contributed by atoms with Crippen molar-refractivity contribution in [2.75, 3.05) is 4.90 Å². The van der Waals surface area contributed by atoms with Crippen molar-refractivity contribution >= 4 is 16.8 Å². The van der Waals surface area contributed by atoms with E-state index in [1.165, 1.54) is 53.6 Å². The van der Waals surface area contributed by atoms with Gasteiger partial charge in [-0.15, -0.1) is 0 Å². The summed E-state index contributed by atoms with van der Waals surface area (Å²) in [6.45, 7) is 4.53. The monoisotopic (exact) mass is 320 g/mol. The lowest BCUT2D eigenvalue weighted by Gasteiger charge is -2.41. The van der Waals surface area contributed by atoms with Gasteiger partial charge in [-0.25, -0.2) is 0 Å². The second-order valence-corrected chi connectivity index (χ2v) is 7.56. The number of furan rings is 1. The van der Waals surface area contributed by atoms with E-state index in [-0.39, 0.29) is 11.6 Å². The SMILES string of the molecule is Cc1ccccc1N1[C@@H](C)c2oc3c(ccn3C)c2C12CCCC2. The number of benzene rings is 1. The molecule has 1 fully saturated rings. The summed E-state index contributed by atoms with van der Waals surface area (Å²) >= 11 is 0. The van der Waals surface area contributed by atoms with Gasteiger partial charge in [0.1, 0.15) is 5.76 Å². The summed E-state index contributed by atoms with van der Waals surface area (Å²) in [5.41, 5.74) is 5.31. The van der Waals surface area contributed by atoms with Crippen LogP contribution in [0, 0.1) is 6.92 Å². The van der Waals surface area contributed by atoms with Gasteiger partial charge in [0.2, 0.25) is 5.71 Å². The predicted octanol–water partition coefficient (Wildman–Crippen LogP) is 5.43. The summed E-state index contributed by atoms with van der Waals surface area (Å²) in [7, 11) is 2.08. The van der Waals surface area contributed by atoms with Crippen LogP contribution in [0.5, 0.6) is 0 Å². The smallest absolute Gasteiger partial charge is 0.207 e. The molecule has 2 aliphatic rings. The Hall–Kier alpha value is -2.16. The molecule has 1 atom stereocenters. The van der Waals surface area contributed by atoms with Crippen molar-refractivity contribution in [2.45, 2.75) is 51.1 Å². The molecule has 3 heteroatoms. The Morgan fingerprint density at radius 3 is 2.62 bits per heavy atom. The molecule has 5 rings (SSSR count). The minimum Gasteiger partial charge on any atom is -0.442 e. The lowest BCUT2D eigenvalue weighted by molar-refractivity contribution is 0.409. The normalized spacial score (nSPS) is 22.0. The molecule has 0 radical (unpaired) electrons. The Morgan fingerprint density at radius 1 is 1.12 bits per heavy atom. The molecular weight excluding hydrogens is 296 g/mol. The Morgan fingerprint density at radius 2 is 1.88 bits per heavy atom. The van der Waals surface area contributed by atoms with Crippen molar-refractivity contribution in [3.8, 4) is 0 Å². The zero-order chi connectivity index (χ0) is 16.5. The summed E-state index contributed by atoms with van der Waals surface area (Å²) in [5, 5.41) is 1.32. The zero-order valence-electron chi connectivity index (χ0n) is 14.7.